The minimum atomic E-state index is -0.418. The van der Waals surface area contributed by atoms with E-state index in [2.05, 4.69) is 15.5 Å². The molecular weight excluding hydrogens is 182 g/mol. The van der Waals surface area contributed by atoms with Gasteiger partial charge in [-0.2, -0.15) is 9.90 Å². The van der Waals surface area contributed by atoms with Gasteiger partial charge in [0.05, 0.1) is 6.20 Å². The number of nitrogen functional groups attached to an aromatic ring is 1. The van der Waals surface area contributed by atoms with Crippen molar-refractivity contribution in [2.45, 2.75) is 26.3 Å². The van der Waals surface area contributed by atoms with E-state index in [0.29, 0.717) is 12.4 Å². The zero-order chi connectivity index (χ0) is 10.6. The Bertz CT molecular complexity index is 308. The third-order valence-corrected chi connectivity index (χ3v) is 1.80. The van der Waals surface area contributed by atoms with E-state index in [-0.39, 0.29) is 5.91 Å². The van der Waals surface area contributed by atoms with E-state index in [1.807, 2.05) is 6.92 Å². The van der Waals surface area contributed by atoms with Gasteiger partial charge in [-0.25, -0.2) is 0 Å². The number of anilines is 1. The van der Waals surface area contributed by atoms with E-state index in [1.54, 1.807) is 6.92 Å². The number of nitrogens with one attached hydrogen (secondary N) is 1. The minimum absolute atomic E-state index is 0.0950. The second kappa shape index (κ2) is 4.59. The van der Waals surface area contributed by atoms with E-state index >= 15 is 0 Å². The summed E-state index contributed by atoms with van der Waals surface area (Å²) in [4.78, 5) is 12.8. The minimum Gasteiger partial charge on any atom is -0.381 e. The zero-order valence-electron chi connectivity index (χ0n) is 8.40. The Morgan fingerprint density at radius 3 is 3.00 bits per heavy atom. The van der Waals surface area contributed by atoms with Gasteiger partial charge >= 0.3 is 0 Å². The molecule has 0 aliphatic heterocycles. The highest BCUT2D eigenvalue weighted by atomic mass is 16.2. The van der Waals surface area contributed by atoms with Gasteiger partial charge < -0.3 is 11.1 Å². The normalized spacial score (nSPS) is 12.4. The number of amides is 1. The molecule has 1 aromatic heterocycles. The summed E-state index contributed by atoms with van der Waals surface area (Å²) in [6.45, 7) is 4.39. The number of carbonyl (C=O) groups is 1. The van der Waals surface area contributed by atoms with Gasteiger partial charge in [0, 0.05) is 6.54 Å². The highest BCUT2D eigenvalue weighted by molar-refractivity contribution is 5.79. The molecule has 1 unspecified atom stereocenters. The van der Waals surface area contributed by atoms with Crippen molar-refractivity contribution in [3.8, 4) is 0 Å². The van der Waals surface area contributed by atoms with Crippen LogP contribution in [0.2, 0.25) is 0 Å². The molecule has 1 atom stereocenters. The van der Waals surface area contributed by atoms with Crippen LogP contribution >= 0.6 is 0 Å². The molecule has 6 nitrogen and oxygen atoms in total. The van der Waals surface area contributed by atoms with E-state index in [4.69, 9.17) is 5.73 Å². The van der Waals surface area contributed by atoms with Crippen LogP contribution in [0.3, 0.4) is 0 Å². The van der Waals surface area contributed by atoms with Crippen LogP contribution < -0.4 is 11.1 Å². The van der Waals surface area contributed by atoms with Crippen molar-refractivity contribution in [2.75, 3.05) is 12.3 Å². The first-order chi connectivity index (χ1) is 6.65. The molecule has 0 radical (unpaired) electrons. The molecule has 0 fully saturated rings. The van der Waals surface area contributed by atoms with Gasteiger partial charge in [-0.3, -0.25) is 4.79 Å². The summed E-state index contributed by atoms with van der Waals surface area (Å²) in [5, 5.41) is 10.5. The standard InChI is InChI=1S/C8H15N5O/c1-3-4-10-8(14)6(2)13-11-5-7(9)12-13/h5-6H,3-4H2,1-2H3,(H2,9,12)(H,10,14). The van der Waals surface area contributed by atoms with Crippen molar-refractivity contribution >= 4 is 11.7 Å². The molecule has 0 spiro atoms. The largest absolute Gasteiger partial charge is 0.381 e. The molecule has 14 heavy (non-hydrogen) atoms. The first-order valence-electron chi connectivity index (χ1n) is 4.60. The molecule has 78 valence electrons. The van der Waals surface area contributed by atoms with Crippen LogP contribution in [-0.2, 0) is 4.79 Å². The fraction of sp³-hybridized carbons (Fsp3) is 0.625. The number of aromatic nitrogens is 3. The summed E-state index contributed by atoms with van der Waals surface area (Å²) < 4.78 is 0. The maximum Gasteiger partial charge on any atom is 0.246 e. The first-order valence-corrected chi connectivity index (χ1v) is 4.60. The fourth-order valence-corrected chi connectivity index (χ4v) is 0.976. The molecule has 6 heteroatoms. The average molecular weight is 197 g/mol. The molecule has 0 saturated heterocycles. The SMILES string of the molecule is CCCNC(=O)C(C)n1ncc(N)n1. The molecule has 1 heterocycles. The van der Waals surface area contributed by atoms with Gasteiger partial charge in [0.15, 0.2) is 5.82 Å². The van der Waals surface area contributed by atoms with E-state index < -0.39 is 6.04 Å². The van der Waals surface area contributed by atoms with Crippen molar-refractivity contribution in [3.05, 3.63) is 6.20 Å². The number of hydrogen-bond acceptors (Lipinski definition) is 4. The molecule has 0 aromatic carbocycles. The lowest BCUT2D eigenvalue weighted by atomic mass is 10.3. The van der Waals surface area contributed by atoms with E-state index in [9.17, 15) is 4.79 Å². The molecule has 3 N–H and O–H groups in total. The zero-order valence-corrected chi connectivity index (χ0v) is 8.40. The van der Waals surface area contributed by atoms with Crippen molar-refractivity contribution in [1.82, 2.24) is 20.3 Å². The van der Waals surface area contributed by atoms with Crippen LogP contribution in [0.4, 0.5) is 5.82 Å². The summed E-state index contributed by atoms with van der Waals surface area (Å²) in [7, 11) is 0. The predicted octanol–water partition coefficient (Wildman–Crippen LogP) is -0.0525. The number of hydrogen-bond donors (Lipinski definition) is 2. The lowest BCUT2D eigenvalue weighted by Gasteiger charge is -2.10. The van der Waals surface area contributed by atoms with E-state index in [0.717, 1.165) is 6.42 Å². The quantitative estimate of drug-likeness (QED) is 0.708. The molecule has 1 rings (SSSR count). The van der Waals surface area contributed by atoms with Gasteiger partial charge in [-0.1, -0.05) is 6.92 Å². The van der Waals surface area contributed by atoms with E-state index in [1.165, 1.54) is 11.0 Å². The smallest absolute Gasteiger partial charge is 0.246 e. The average Bonchev–Trinajstić information content (AvgIpc) is 2.60. The fourth-order valence-electron chi connectivity index (χ4n) is 0.976. The van der Waals surface area contributed by atoms with Crippen molar-refractivity contribution in [1.29, 1.82) is 0 Å². The number of carbonyl (C=O) groups excluding carboxylic acids is 1. The van der Waals surface area contributed by atoms with Crippen LogP contribution in [0.15, 0.2) is 6.20 Å². The highest BCUT2D eigenvalue weighted by Gasteiger charge is 2.15. The summed E-state index contributed by atoms with van der Waals surface area (Å²) >= 11 is 0. The van der Waals surface area contributed by atoms with Gasteiger partial charge in [-0.15, -0.1) is 5.10 Å². The lowest BCUT2D eigenvalue weighted by molar-refractivity contribution is -0.124. The maximum atomic E-state index is 11.5. The second-order valence-corrected chi connectivity index (χ2v) is 3.06. The van der Waals surface area contributed by atoms with Gasteiger partial charge in [0.1, 0.15) is 6.04 Å². The van der Waals surface area contributed by atoms with Crippen molar-refractivity contribution in [2.24, 2.45) is 0 Å². The van der Waals surface area contributed by atoms with Crippen molar-refractivity contribution in [3.63, 3.8) is 0 Å². The molecule has 1 amide bonds. The monoisotopic (exact) mass is 197 g/mol. The molecule has 0 saturated carbocycles. The third-order valence-electron chi connectivity index (χ3n) is 1.80. The van der Waals surface area contributed by atoms with Gasteiger partial charge in [-0.05, 0) is 13.3 Å². The molecule has 0 aliphatic carbocycles. The molecule has 0 aliphatic rings. The van der Waals surface area contributed by atoms with Crippen LogP contribution in [0.5, 0.6) is 0 Å². The topological polar surface area (TPSA) is 85.8 Å². The molecule has 1 aromatic rings. The summed E-state index contributed by atoms with van der Waals surface area (Å²) in [6.07, 6.45) is 2.33. The van der Waals surface area contributed by atoms with Crippen LogP contribution in [-0.4, -0.2) is 27.4 Å². The summed E-state index contributed by atoms with van der Waals surface area (Å²) in [5.74, 6) is 0.225. The van der Waals surface area contributed by atoms with Crippen molar-refractivity contribution < 1.29 is 4.79 Å². The number of nitrogens with zero attached hydrogens (tertiary/aromatic N) is 3. The Hall–Kier alpha value is -1.59. The Morgan fingerprint density at radius 1 is 1.79 bits per heavy atom. The van der Waals surface area contributed by atoms with Crippen LogP contribution in [0.1, 0.15) is 26.3 Å². The number of nitrogens with two attached hydrogens (primary N) is 1. The maximum absolute atomic E-state index is 11.5. The molecular formula is C8H15N5O. The Morgan fingerprint density at radius 2 is 2.50 bits per heavy atom. The predicted molar refractivity (Wildman–Crippen MR) is 52.4 cm³/mol. The Balaban J connectivity index is 2.56. The molecule has 0 bridgehead atoms. The summed E-state index contributed by atoms with van der Waals surface area (Å²) in [6, 6.07) is -0.418. The third kappa shape index (κ3) is 2.45. The van der Waals surface area contributed by atoms with Gasteiger partial charge in [0.25, 0.3) is 0 Å². The lowest BCUT2D eigenvalue weighted by Crippen LogP contribution is -2.32. The van der Waals surface area contributed by atoms with Crippen LogP contribution in [0, 0.1) is 0 Å². The highest BCUT2D eigenvalue weighted by Crippen LogP contribution is 2.03. The van der Waals surface area contributed by atoms with Gasteiger partial charge in [0.2, 0.25) is 5.91 Å². The second-order valence-electron chi connectivity index (χ2n) is 3.06. The Kier molecular flexibility index (Phi) is 3.44. The van der Waals surface area contributed by atoms with Crippen LogP contribution in [0.25, 0.3) is 0 Å². The Labute approximate surface area is 82.5 Å². The number of rotatable bonds is 4. The summed E-state index contributed by atoms with van der Waals surface area (Å²) in [5.41, 5.74) is 5.39. The first kappa shape index (κ1) is 10.5.